The van der Waals surface area contributed by atoms with Crippen LogP contribution in [-0.2, 0) is 4.74 Å². The molecular formula is C18H20FNO3. The molecule has 1 aliphatic rings. The van der Waals surface area contributed by atoms with Gasteiger partial charge in [-0.2, -0.15) is 0 Å². The second kappa shape index (κ2) is 7.94. The van der Waals surface area contributed by atoms with Crippen molar-refractivity contribution < 1.29 is 18.6 Å². The number of nitrogens with one attached hydrogen (secondary N) is 1. The maximum Gasteiger partial charge on any atom is 0.228 e. The van der Waals surface area contributed by atoms with Crippen molar-refractivity contribution in [2.45, 2.75) is 12.2 Å². The molecule has 0 amide bonds. The van der Waals surface area contributed by atoms with Crippen LogP contribution in [0.2, 0.25) is 0 Å². The maximum atomic E-state index is 12.6. The number of halogens is 1. The minimum Gasteiger partial charge on any atom is -0.479 e. The SMILES string of the molecule is [18F]COc1ccccc1O[C@@H](c1ccccc1)[C@@H]1CNCCO1. The van der Waals surface area contributed by atoms with Crippen LogP contribution >= 0.6 is 0 Å². The van der Waals surface area contributed by atoms with E-state index in [0.29, 0.717) is 24.7 Å². The lowest BCUT2D eigenvalue weighted by Gasteiger charge is -2.32. The van der Waals surface area contributed by atoms with Gasteiger partial charge in [-0.05, 0) is 17.7 Å². The Hall–Kier alpha value is -2.11. The summed E-state index contributed by atoms with van der Waals surface area (Å²) in [4.78, 5) is 0. The Balaban J connectivity index is 1.86. The topological polar surface area (TPSA) is 39.7 Å². The highest BCUT2D eigenvalue weighted by molar-refractivity contribution is 5.40. The largest absolute Gasteiger partial charge is 0.479 e. The fourth-order valence-electron chi connectivity index (χ4n) is 2.64. The van der Waals surface area contributed by atoms with Gasteiger partial charge in [0.25, 0.3) is 0 Å². The minimum atomic E-state index is -0.891. The number of ether oxygens (including phenoxy) is 3. The van der Waals surface area contributed by atoms with Crippen molar-refractivity contribution in [1.29, 1.82) is 0 Å². The van der Waals surface area contributed by atoms with E-state index < -0.39 is 6.86 Å². The second-order valence-corrected chi connectivity index (χ2v) is 5.26. The number of benzene rings is 2. The number of hydrogen-bond donors (Lipinski definition) is 1. The molecule has 23 heavy (non-hydrogen) atoms. The van der Waals surface area contributed by atoms with Gasteiger partial charge in [0.15, 0.2) is 17.6 Å². The average Bonchev–Trinajstić information content (AvgIpc) is 2.63. The molecule has 0 aromatic heterocycles. The molecule has 2 aromatic carbocycles. The molecule has 1 heterocycles. The summed E-state index contributed by atoms with van der Waals surface area (Å²) in [5.74, 6) is 0.896. The van der Waals surface area contributed by atoms with Crippen molar-refractivity contribution in [2.24, 2.45) is 0 Å². The van der Waals surface area contributed by atoms with Crippen LogP contribution in [-0.4, -0.2) is 32.7 Å². The van der Waals surface area contributed by atoms with Crippen LogP contribution in [0.1, 0.15) is 11.7 Å². The Labute approximate surface area is 135 Å². The molecule has 0 radical (unpaired) electrons. The molecule has 122 valence electrons. The summed E-state index contributed by atoms with van der Waals surface area (Å²) in [6.45, 7) is 1.28. The quantitative estimate of drug-likeness (QED) is 0.889. The van der Waals surface area contributed by atoms with Crippen LogP contribution in [0.3, 0.4) is 0 Å². The van der Waals surface area contributed by atoms with Crippen LogP contribution in [0.25, 0.3) is 0 Å². The van der Waals surface area contributed by atoms with Crippen molar-refractivity contribution in [3.8, 4) is 11.5 Å². The van der Waals surface area contributed by atoms with Gasteiger partial charge in [-0.15, -0.1) is 0 Å². The van der Waals surface area contributed by atoms with E-state index in [-0.39, 0.29) is 12.2 Å². The molecule has 0 unspecified atom stereocenters. The van der Waals surface area contributed by atoms with Crippen molar-refractivity contribution in [3.63, 3.8) is 0 Å². The molecule has 0 bridgehead atoms. The van der Waals surface area contributed by atoms with E-state index in [1.165, 1.54) is 0 Å². The number of hydrogen-bond acceptors (Lipinski definition) is 4. The van der Waals surface area contributed by atoms with Crippen LogP contribution in [0.5, 0.6) is 11.5 Å². The lowest BCUT2D eigenvalue weighted by atomic mass is 10.0. The van der Waals surface area contributed by atoms with E-state index in [2.05, 4.69) is 5.32 Å². The molecule has 1 saturated heterocycles. The first-order valence-corrected chi connectivity index (χ1v) is 7.70. The Morgan fingerprint density at radius 3 is 2.52 bits per heavy atom. The highest BCUT2D eigenvalue weighted by Gasteiger charge is 2.28. The summed E-state index contributed by atoms with van der Waals surface area (Å²) in [5.41, 5.74) is 1.01. The molecule has 2 aromatic rings. The summed E-state index contributed by atoms with van der Waals surface area (Å²) in [5, 5.41) is 3.31. The number of morpholine rings is 1. The van der Waals surface area contributed by atoms with Gasteiger partial charge < -0.3 is 19.5 Å². The van der Waals surface area contributed by atoms with E-state index in [1.54, 1.807) is 18.2 Å². The maximum absolute atomic E-state index is 12.6. The Morgan fingerprint density at radius 1 is 1.09 bits per heavy atom. The first-order valence-electron chi connectivity index (χ1n) is 7.70. The molecule has 1 aliphatic heterocycles. The number of alkyl halides is 1. The summed E-state index contributed by atoms with van der Waals surface area (Å²) >= 11 is 0. The van der Waals surface area contributed by atoms with Gasteiger partial charge in [-0.25, -0.2) is 4.39 Å². The zero-order valence-corrected chi connectivity index (χ0v) is 12.8. The summed E-state index contributed by atoms with van der Waals surface area (Å²) < 4.78 is 29.6. The Kier molecular flexibility index (Phi) is 5.45. The van der Waals surface area contributed by atoms with E-state index in [9.17, 15) is 4.39 Å². The molecule has 3 rings (SSSR count). The first-order chi connectivity index (χ1) is 11.4. The van der Waals surface area contributed by atoms with Crippen LogP contribution in [0, 0.1) is 0 Å². The Bertz CT molecular complexity index is 602. The third-order valence-electron chi connectivity index (χ3n) is 3.74. The fourth-order valence-corrected chi connectivity index (χ4v) is 2.64. The minimum absolute atomic E-state index is 0.121. The van der Waals surface area contributed by atoms with Gasteiger partial charge in [-0.3, -0.25) is 0 Å². The lowest BCUT2D eigenvalue weighted by molar-refractivity contribution is -0.0441. The molecule has 1 fully saturated rings. The van der Waals surface area contributed by atoms with Crippen LogP contribution in [0.15, 0.2) is 54.6 Å². The molecular weight excluding hydrogens is 296 g/mol. The van der Waals surface area contributed by atoms with E-state index in [0.717, 1.165) is 12.1 Å². The Morgan fingerprint density at radius 2 is 1.83 bits per heavy atom. The molecule has 4 nitrogen and oxygen atoms in total. The monoisotopic (exact) mass is 316 g/mol. The third kappa shape index (κ3) is 4.00. The molecule has 0 aliphatic carbocycles. The smallest absolute Gasteiger partial charge is 0.228 e. The molecule has 0 saturated carbocycles. The predicted octanol–water partition coefficient (Wildman–Crippen LogP) is 3.10. The zero-order chi connectivity index (χ0) is 15.9. The normalized spacial score (nSPS) is 19.1. The van der Waals surface area contributed by atoms with Crippen LogP contribution < -0.4 is 14.8 Å². The molecule has 1 N–H and O–H groups in total. The van der Waals surface area contributed by atoms with Crippen LogP contribution in [0.4, 0.5) is 4.39 Å². The summed E-state index contributed by atoms with van der Waals surface area (Å²) in [6, 6.07) is 17.0. The first kappa shape index (κ1) is 15.8. The van der Waals surface area contributed by atoms with Gasteiger partial charge in [0, 0.05) is 13.1 Å². The van der Waals surface area contributed by atoms with E-state index in [1.807, 2.05) is 36.4 Å². The van der Waals surface area contributed by atoms with Crippen molar-refractivity contribution in [2.75, 3.05) is 26.6 Å². The van der Waals surface area contributed by atoms with Gasteiger partial charge in [0.2, 0.25) is 6.86 Å². The number of rotatable bonds is 6. The van der Waals surface area contributed by atoms with Crippen molar-refractivity contribution >= 4 is 0 Å². The van der Waals surface area contributed by atoms with E-state index in [4.69, 9.17) is 14.2 Å². The highest BCUT2D eigenvalue weighted by atomic mass is 18.2. The fraction of sp³-hybridized carbons (Fsp3) is 0.333. The molecule has 2 atom stereocenters. The molecule has 0 spiro atoms. The summed E-state index contributed by atoms with van der Waals surface area (Å²) in [7, 11) is 0. The second-order valence-electron chi connectivity index (χ2n) is 5.26. The van der Waals surface area contributed by atoms with Gasteiger partial charge in [0.1, 0.15) is 6.10 Å². The standard InChI is InChI=1S/C18H20FNO3/c19-13-22-15-8-4-5-9-16(15)23-18(14-6-2-1-3-7-14)17-12-20-10-11-21-17/h1-9,17-18,20H,10-13H2/t17-,18-/m0/s1/i19-1. The predicted molar refractivity (Wildman–Crippen MR) is 85.5 cm³/mol. The zero-order valence-electron chi connectivity index (χ0n) is 12.8. The van der Waals surface area contributed by atoms with E-state index >= 15 is 0 Å². The third-order valence-corrected chi connectivity index (χ3v) is 3.74. The summed E-state index contributed by atoms with van der Waals surface area (Å²) in [6.07, 6.45) is -0.419. The average molecular weight is 316 g/mol. The number of para-hydroxylation sites is 2. The van der Waals surface area contributed by atoms with Crippen molar-refractivity contribution in [3.05, 3.63) is 60.2 Å². The highest BCUT2D eigenvalue weighted by Crippen LogP contribution is 2.33. The van der Waals surface area contributed by atoms with Gasteiger partial charge >= 0.3 is 0 Å². The van der Waals surface area contributed by atoms with Gasteiger partial charge in [-0.1, -0.05) is 42.5 Å². The lowest BCUT2D eigenvalue weighted by Crippen LogP contribution is -2.43. The van der Waals surface area contributed by atoms with Crippen molar-refractivity contribution in [1.82, 2.24) is 5.32 Å². The molecule has 5 heteroatoms. The van der Waals surface area contributed by atoms with Gasteiger partial charge in [0.05, 0.1) is 6.61 Å².